The van der Waals surface area contributed by atoms with Gasteiger partial charge in [0.2, 0.25) is 0 Å². The summed E-state index contributed by atoms with van der Waals surface area (Å²) in [6, 6.07) is 12.6. The second-order valence-electron chi connectivity index (χ2n) is 6.06. The summed E-state index contributed by atoms with van der Waals surface area (Å²) in [5.74, 6) is 0.598. The van der Waals surface area contributed by atoms with Crippen LogP contribution in [0.1, 0.15) is 37.2 Å². The SMILES string of the molecule is Cc1cccc(CCC(C)NCC(C)(O)c2ccco2)c1. The summed E-state index contributed by atoms with van der Waals surface area (Å²) in [6.45, 7) is 6.52. The first-order valence-electron chi connectivity index (χ1n) is 7.53. The zero-order chi connectivity index (χ0) is 15.3. The van der Waals surface area contributed by atoms with Crippen LogP contribution in [0.5, 0.6) is 0 Å². The standard InChI is InChI=1S/C18H25NO2/c1-14-6-4-7-16(12-14)10-9-15(2)19-13-18(3,20)17-8-5-11-21-17/h4-8,11-12,15,19-20H,9-10,13H2,1-3H3. The summed E-state index contributed by atoms with van der Waals surface area (Å²) in [5, 5.41) is 13.8. The van der Waals surface area contributed by atoms with Gasteiger partial charge in [-0.3, -0.25) is 0 Å². The molecule has 0 spiro atoms. The molecule has 0 radical (unpaired) electrons. The van der Waals surface area contributed by atoms with Crippen LogP contribution >= 0.6 is 0 Å². The second kappa shape index (κ2) is 6.92. The maximum absolute atomic E-state index is 10.4. The van der Waals surface area contributed by atoms with Gasteiger partial charge in [0.25, 0.3) is 0 Å². The topological polar surface area (TPSA) is 45.4 Å². The first-order valence-corrected chi connectivity index (χ1v) is 7.53. The molecule has 1 aromatic heterocycles. The molecular formula is C18H25NO2. The molecule has 1 heterocycles. The summed E-state index contributed by atoms with van der Waals surface area (Å²) in [5.41, 5.74) is 1.69. The van der Waals surface area contributed by atoms with E-state index >= 15 is 0 Å². The van der Waals surface area contributed by atoms with Crippen LogP contribution in [-0.2, 0) is 12.0 Å². The van der Waals surface area contributed by atoms with Crippen LogP contribution in [0.2, 0.25) is 0 Å². The van der Waals surface area contributed by atoms with E-state index in [2.05, 4.69) is 43.4 Å². The van der Waals surface area contributed by atoms with Crippen molar-refractivity contribution in [2.24, 2.45) is 0 Å². The quantitative estimate of drug-likeness (QED) is 0.820. The number of rotatable bonds is 7. The molecule has 3 nitrogen and oxygen atoms in total. The Bertz CT molecular complexity index is 546. The molecule has 0 saturated carbocycles. The van der Waals surface area contributed by atoms with E-state index in [0.717, 1.165) is 12.8 Å². The molecule has 2 aromatic rings. The van der Waals surface area contributed by atoms with Crippen LogP contribution < -0.4 is 5.32 Å². The van der Waals surface area contributed by atoms with Gasteiger partial charge in [-0.25, -0.2) is 0 Å². The van der Waals surface area contributed by atoms with Gasteiger partial charge in [-0.2, -0.15) is 0 Å². The molecular weight excluding hydrogens is 262 g/mol. The summed E-state index contributed by atoms with van der Waals surface area (Å²) in [7, 11) is 0. The van der Waals surface area contributed by atoms with Gasteiger partial charge in [-0.15, -0.1) is 0 Å². The van der Waals surface area contributed by atoms with E-state index < -0.39 is 5.60 Å². The van der Waals surface area contributed by atoms with Gasteiger partial charge < -0.3 is 14.8 Å². The Balaban J connectivity index is 1.78. The highest BCUT2D eigenvalue weighted by Gasteiger charge is 2.26. The van der Waals surface area contributed by atoms with Crippen molar-refractivity contribution in [3.63, 3.8) is 0 Å². The number of aryl methyl sites for hydroxylation is 2. The average molecular weight is 287 g/mol. The second-order valence-corrected chi connectivity index (χ2v) is 6.06. The Kier molecular flexibility index (Phi) is 5.21. The molecule has 21 heavy (non-hydrogen) atoms. The van der Waals surface area contributed by atoms with E-state index in [1.165, 1.54) is 11.1 Å². The first-order chi connectivity index (χ1) is 9.97. The minimum atomic E-state index is -0.971. The van der Waals surface area contributed by atoms with Crippen LogP contribution in [0, 0.1) is 6.92 Å². The third-order valence-electron chi connectivity index (χ3n) is 3.80. The molecule has 114 valence electrons. The number of hydrogen-bond acceptors (Lipinski definition) is 3. The fourth-order valence-electron chi connectivity index (χ4n) is 2.40. The molecule has 2 atom stereocenters. The van der Waals surface area contributed by atoms with Crippen molar-refractivity contribution in [1.29, 1.82) is 0 Å². The number of furan rings is 1. The van der Waals surface area contributed by atoms with E-state index in [9.17, 15) is 5.11 Å². The summed E-state index contributed by atoms with van der Waals surface area (Å²) in [6.07, 6.45) is 3.67. The smallest absolute Gasteiger partial charge is 0.136 e. The zero-order valence-electron chi connectivity index (χ0n) is 13.1. The molecule has 0 fully saturated rings. The van der Waals surface area contributed by atoms with Crippen LogP contribution in [0.4, 0.5) is 0 Å². The van der Waals surface area contributed by atoms with Crippen molar-refractivity contribution in [1.82, 2.24) is 5.32 Å². The Morgan fingerprint density at radius 1 is 1.29 bits per heavy atom. The van der Waals surface area contributed by atoms with Crippen LogP contribution in [0.25, 0.3) is 0 Å². The lowest BCUT2D eigenvalue weighted by molar-refractivity contribution is 0.0318. The Labute approximate surface area is 127 Å². The van der Waals surface area contributed by atoms with E-state index in [0.29, 0.717) is 18.3 Å². The van der Waals surface area contributed by atoms with E-state index in [1.807, 2.05) is 0 Å². The normalized spacial score (nSPS) is 15.6. The van der Waals surface area contributed by atoms with Crippen LogP contribution in [-0.4, -0.2) is 17.7 Å². The lowest BCUT2D eigenvalue weighted by Crippen LogP contribution is -2.39. The maximum atomic E-state index is 10.4. The summed E-state index contributed by atoms with van der Waals surface area (Å²) < 4.78 is 5.28. The number of aliphatic hydroxyl groups is 1. The average Bonchev–Trinajstić information content (AvgIpc) is 2.98. The Morgan fingerprint density at radius 3 is 2.76 bits per heavy atom. The first kappa shape index (κ1) is 15.8. The molecule has 0 amide bonds. The molecule has 1 aromatic carbocycles. The van der Waals surface area contributed by atoms with Crippen LogP contribution in [0.15, 0.2) is 47.1 Å². The van der Waals surface area contributed by atoms with Gasteiger partial charge >= 0.3 is 0 Å². The molecule has 2 N–H and O–H groups in total. The molecule has 0 aliphatic carbocycles. The molecule has 0 aliphatic rings. The van der Waals surface area contributed by atoms with Crippen molar-refractivity contribution < 1.29 is 9.52 Å². The minimum absolute atomic E-state index is 0.340. The van der Waals surface area contributed by atoms with Crippen molar-refractivity contribution in [3.05, 3.63) is 59.5 Å². The maximum Gasteiger partial charge on any atom is 0.136 e. The molecule has 0 saturated heterocycles. The van der Waals surface area contributed by atoms with Crippen molar-refractivity contribution in [2.75, 3.05) is 6.54 Å². The predicted molar refractivity (Wildman–Crippen MR) is 85.2 cm³/mol. The zero-order valence-corrected chi connectivity index (χ0v) is 13.1. The van der Waals surface area contributed by atoms with Crippen molar-refractivity contribution >= 4 is 0 Å². The Morgan fingerprint density at radius 2 is 2.10 bits per heavy atom. The van der Waals surface area contributed by atoms with Gasteiger partial charge in [0, 0.05) is 12.6 Å². The largest absolute Gasteiger partial charge is 0.466 e. The van der Waals surface area contributed by atoms with Gasteiger partial charge in [-0.1, -0.05) is 29.8 Å². The molecule has 2 rings (SSSR count). The Hall–Kier alpha value is -1.58. The molecule has 2 unspecified atom stereocenters. The van der Waals surface area contributed by atoms with Crippen LogP contribution in [0.3, 0.4) is 0 Å². The fraction of sp³-hybridized carbons (Fsp3) is 0.444. The molecule has 0 aliphatic heterocycles. The highest BCUT2D eigenvalue weighted by molar-refractivity contribution is 5.22. The monoisotopic (exact) mass is 287 g/mol. The third kappa shape index (κ3) is 4.73. The number of nitrogens with one attached hydrogen (secondary N) is 1. The summed E-state index contributed by atoms with van der Waals surface area (Å²) in [4.78, 5) is 0. The highest BCUT2D eigenvalue weighted by Crippen LogP contribution is 2.20. The van der Waals surface area contributed by atoms with E-state index in [4.69, 9.17) is 4.42 Å². The lowest BCUT2D eigenvalue weighted by atomic mass is 10.0. The van der Waals surface area contributed by atoms with Gasteiger partial charge in [0.05, 0.1) is 6.26 Å². The lowest BCUT2D eigenvalue weighted by Gasteiger charge is -2.24. The third-order valence-corrected chi connectivity index (χ3v) is 3.80. The molecule has 3 heteroatoms. The fourth-order valence-corrected chi connectivity index (χ4v) is 2.40. The van der Waals surface area contributed by atoms with Gasteiger partial charge in [0.15, 0.2) is 0 Å². The van der Waals surface area contributed by atoms with E-state index in [1.54, 1.807) is 25.3 Å². The number of benzene rings is 1. The van der Waals surface area contributed by atoms with Crippen molar-refractivity contribution in [2.45, 2.75) is 45.3 Å². The molecule has 0 bridgehead atoms. The van der Waals surface area contributed by atoms with E-state index in [-0.39, 0.29) is 0 Å². The number of hydrogen-bond donors (Lipinski definition) is 2. The highest BCUT2D eigenvalue weighted by atomic mass is 16.4. The van der Waals surface area contributed by atoms with Gasteiger partial charge in [-0.05, 0) is 51.3 Å². The summed E-state index contributed by atoms with van der Waals surface area (Å²) >= 11 is 0. The van der Waals surface area contributed by atoms with Gasteiger partial charge in [0.1, 0.15) is 11.4 Å². The predicted octanol–water partition coefficient (Wildman–Crippen LogP) is 3.41. The van der Waals surface area contributed by atoms with Crippen molar-refractivity contribution in [3.8, 4) is 0 Å². The minimum Gasteiger partial charge on any atom is -0.466 e.